The van der Waals surface area contributed by atoms with Gasteiger partial charge in [-0.05, 0) is 12.2 Å². The number of hydrogen-bond acceptors (Lipinski definition) is 3. The maximum atomic E-state index is 12.2. The molecule has 0 aromatic heterocycles. The monoisotopic (exact) mass is 261 g/mol. The molecule has 94 valence electrons. The van der Waals surface area contributed by atoms with E-state index in [4.69, 9.17) is 0 Å². The van der Waals surface area contributed by atoms with Crippen LogP contribution in [0.15, 0.2) is 0 Å². The Bertz CT molecular complexity index is 233. The fourth-order valence-corrected chi connectivity index (χ4v) is 3.85. The first-order chi connectivity index (χ1) is 7.56. The predicted molar refractivity (Wildman–Crippen MR) is 75.2 cm³/mol. The molecule has 1 rings (SSSR count). The summed E-state index contributed by atoms with van der Waals surface area (Å²) in [5, 5.41) is 0.624. The normalized spacial score (nSPS) is 23.6. The zero-order valence-electron chi connectivity index (χ0n) is 10.7. The molecule has 0 saturated carbocycles. The van der Waals surface area contributed by atoms with Crippen molar-refractivity contribution < 1.29 is 4.79 Å². The van der Waals surface area contributed by atoms with Crippen molar-refractivity contribution in [2.45, 2.75) is 26.0 Å². The van der Waals surface area contributed by atoms with Crippen LogP contribution in [0.4, 0.5) is 0 Å². The molecule has 0 unspecified atom stereocenters. The van der Waals surface area contributed by atoms with E-state index >= 15 is 0 Å². The van der Waals surface area contributed by atoms with E-state index in [9.17, 15) is 4.79 Å². The van der Waals surface area contributed by atoms with Gasteiger partial charge in [-0.1, -0.05) is 20.8 Å². The molecule has 16 heavy (non-hydrogen) atoms. The Hall–Kier alpha value is 0.170. The summed E-state index contributed by atoms with van der Waals surface area (Å²) in [6.07, 6.45) is 2.06. The fraction of sp³-hybridized carbons (Fsp3) is 0.917. The highest BCUT2D eigenvalue weighted by molar-refractivity contribution is 8.00. The average molecular weight is 261 g/mol. The van der Waals surface area contributed by atoms with Gasteiger partial charge in [0.2, 0.25) is 5.91 Å². The Morgan fingerprint density at radius 2 is 2.19 bits per heavy atom. The third kappa shape index (κ3) is 3.88. The van der Waals surface area contributed by atoms with Crippen LogP contribution in [0.2, 0.25) is 0 Å². The largest absolute Gasteiger partial charge is 0.340 e. The van der Waals surface area contributed by atoms with Gasteiger partial charge in [-0.3, -0.25) is 4.79 Å². The zero-order valence-corrected chi connectivity index (χ0v) is 12.4. The lowest BCUT2D eigenvalue weighted by Gasteiger charge is -2.35. The Labute approximate surface area is 108 Å². The fourth-order valence-electron chi connectivity index (χ4n) is 1.91. The Morgan fingerprint density at radius 1 is 1.50 bits per heavy atom. The molecule has 1 heterocycles. The predicted octanol–water partition coefficient (Wildman–Crippen LogP) is 2.59. The van der Waals surface area contributed by atoms with Crippen LogP contribution in [0.25, 0.3) is 0 Å². The van der Waals surface area contributed by atoms with E-state index in [0.717, 1.165) is 24.6 Å². The van der Waals surface area contributed by atoms with E-state index in [0.29, 0.717) is 17.1 Å². The van der Waals surface area contributed by atoms with E-state index < -0.39 is 0 Å². The van der Waals surface area contributed by atoms with Crippen molar-refractivity contribution in [3.8, 4) is 0 Å². The molecule has 0 aromatic carbocycles. The second-order valence-electron chi connectivity index (χ2n) is 4.79. The van der Waals surface area contributed by atoms with Crippen LogP contribution in [0.3, 0.4) is 0 Å². The SMILES string of the molecule is CSC[C@@H](C)C(=O)N1CCS[C@H](C(C)C)C1. The number of rotatable bonds is 4. The first-order valence-electron chi connectivity index (χ1n) is 5.95. The molecule has 0 aliphatic carbocycles. The summed E-state index contributed by atoms with van der Waals surface area (Å²) in [4.78, 5) is 14.2. The molecule has 1 aliphatic rings. The minimum atomic E-state index is 0.172. The molecule has 1 fully saturated rings. The molecule has 1 saturated heterocycles. The van der Waals surface area contributed by atoms with Crippen LogP contribution in [-0.2, 0) is 4.79 Å². The third-order valence-electron chi connectivity index (χ3n) is 2.99. The molecule has 1 amide bonds. The lowest BCUT2D eigenvalue weighted by atomic mass is 10.1. The van der Waals surface area contributed by atoms with Crippen LogP contribution in [-0.4, -0.2) is 46.9 Å². The summed E-state index contributed by atoms with van der Waals surface area (Å²) in [6, 6.07) is 0. The van der Waals surface area contributed by atoms with Gasteiger partial charge in [-0.2, -0.15) is 23.5 Å². The minimum Gasteiger partial charge on any atom is -0.340 e. The topological polar surface area (TPSA) is 20.3 Å². The second kappa shape index (κ2) is 6.80. The van der Waals surface area contributed by atoms with Gasteiger partial charge < -0.3 is 4.90 Å². The lowest BCUT2D eigenvalue weighted by molar-refractivity contribution is -0.134. The second-order valence-corrected chi connectivity index (χ2v) is 7.05. The lowest BCUT2D eigenvalue weighted by Crippen LogP contribution is -2.45. The molecule has 2 nitrogen and oxygen atoms in total. The Balaban J connectivity index is 2.49. The number of carbonyl (C=O) groups excluding carboxylic acids is 1. The number of nitrogens with zero attached hydrogens (tertiary/aromatic N) is 1. The van der Waals surface area contributed by atoms with Gasteiger partial charge in [-0.15, -0.1) is 0 Å². The first-order valence-corrected chi connectivity index (χ1v) is 8.39. The molecule has 0 radical (unpaired) electrons. The van der Waals surface area contributed by atoms with Crippen LogP contribution >= 0.6 is 23.5 Å². The van der Waals surface area contributed by atoms with E-state index in [1.165, 1.54) is 0 Å². The summed E-state index contributed by atoms with van der Waals surface area (Å²) in [5.74, 6) is 3.22. The molecule has 0 aromatic rings. The molecule has 0 bridgehead atoms. The van der Waals surface area contributed by atoms with Crippen LogP contribution < -0.4 is 0 Å². The summed E-state index contributed by atoms with van der Waals surface area (Å²) in [6.45, 7) is 8.42. The van der Waals surface area contributed by atoms with Crippen molar-refractivity contribution in [3.05, 3.63) is 0 Å². The van der Waals surface area contributed by atoms with Gasteiger partial charge in [-0.25, -0.2) is 0 Å². The van der Waals surface area contributed by atoms with Gasteiger partial charge >= 0.3 is 0 Å². The van der Waals surface area contributed by atoms with Gasteiger partial charge in [0.15, 0.2) is 0 Å². The molecule has 1 aliphatic heterocycles. The molecule has 0 spiro atoms. The third-order valence-corrected chi connectivity index (χ3v) is 5.36. The average Bonchev–Trinajstić information content (AvgIpc) is 2.28. The molecular weight excluding hydrogens is 238 g/mol. The highest BCUT2D eigenvalue weighted by Gasteiger charge is 2.28. The van der Waals surface area contributed by atoms with E-state index in [1.807, 2.05) is 18.7 Å². The molecule has 4 heteroatoms. The quantitative estimate of drug-likeness (QED) is 0.776. The van der Waals surface area contributed by atoms with Crippen molar-refractivity contribution in [2.24, 2.45) is 11.8 Å². The summed E-state index contributed by atoms with van der Waals surface area (Å²) >= 11 is 3.77. The number of hydrogen-bond donors (Lipinski definition) is 0. The number of thioether (sulfide) groups is 2. The van der Waals surface area contributed by atoms with Crippen molar-refractivity contribution in [3.63, 3.8) is 0 Å². The van der Waals surface area contributed by atoms with Gasteiger partial charge in [0.25, 0.3) is 0 Å². The smallest absolute Gasteiger partial charge is 0.226 e. The molecular formula is C12H23NOS2. The van der Waals surface area contributed by atoms with Crippen molar-refractivity contribution >= 4 is 29.4 Å². The first kappa shape index (κ1) is 14.2. The van der Waals surface area contributed by atoms with Crippen LogP contribution in [0.1, 0.15) is 20.8 Å². The van der Waals surface area contributed by atoms with Crippen LogP contribution in [0, 0.1) is 11.8 Å². The van der Waals surface area contributed by atoms with Crippen molar-refractivity contribution in [2.75, 3.05) is 30.9 Å². The molecule has 0 N–H and O–H groups in total. The standard InChI is InChI=1S/C12H23NOS2/c1-9(2)11-7-13(5-6-16-11)12(14)10(3)8-15-4/h9-11H,5-8H2,1-4H3/t10-,11+/m1/s1. The maximum absolute atomic E-state index is 12.2. The minimum absolute atomic E-state index is 0.172. The van der Waals surface area contributed by atoms with Crippen molar-refractivity contribution in [1.29, 1.82) is 0 Å². The van der Waals surface area contributed by atoms with E-state index in [1.54, 1.807) is 11.8 Å². The zero-order chi connectivity index (χ0) is 12.1. The van der Waals surface area contributed by atoms with Crippen LogP contribution in [0.5, 0.6) is 0 Å². The summed E-state index contributed by atoms with van der Waals surface area (Å²) in [7, 11) is 0. The van der Waals surface area contributed by atoms with Gasteiger partial charge in [0.1, 0.15) is 0 Å². The highest BCUT2D eigenvalue weighted by Crippen LogP contribution is 2.26. The number of carbonyl (C=O) groups is 1. The van der Waals surface area contributed by atoms with Gasteiger partial charge in [0, 0.05) is 35.8 Å². The highest BCUT2D eigenvalue weighted by atomic mass is 32.2. The Kier molecular flexibility index (Phi) is 6.05. The molecule has 2 atom stereocenters. The maximum Gasteiger partial charge on any atom is 0.226 e. The Morgan fingerprint density at radius 3 is 2.75 bits per heavy atom. The summed E-state index contributed by atoms with van der Waals surface area (Å²) in [5.41, 5.74) is 0. The van der Waals surface area contributed by atoms with E-state index in [-0.39, 0.29) is 5.92 Å². The number of amides is 1. The van der Waals surface area contributed by atoms with Crippen molar-refractivity contribution in [1.82, 2.24) is 4.90 Å². The summed E-state index contributed by atoms with van der Waals surface area (Å²) < 4.78 is 0. The van der Waals surface area contributed by atoms with Gasteiger partial charge in [0.05, 0.1) is 0 Å². The van der Waals surface area contributed by atoms with E-state index in [2.05, 4.69) is 25.0 Å².